The van der Waals surface area contributed by atoms with Crippen molar-refractivity contribution >= 4 is 11.5 Å². The first-order valence-electron chi connectivity index (χ1n) is 7.05. The van der Waals surface area contributed by atoms with Gasteiger partial charge in [0.25, 0.3) is 5.69 Å². The van der Waals surface area contributed by atoms with Crippen molar-refractivity contribution in [3.63, 3.8) is 0 Å². The van der Waals surface area contributed by atoms with E-state index in [1.807, 2.05) is 6.07 Å². The minimum Gasteiger partial charge on any atom is -0.497 e. The monoisotopic (exact) mass is 297 g/mol. The van der Waals surface area contributed by atoms with Crippen molar-refractivity contribution in [1.82, 2.24) is 0 Å². The third kappa shape index (κ3) is 2.45. The number of hydrogen-bond donors (Lipinski definition) is 0. The van der Waals surface area contributed by atoms with Crippen molar-refractivity contribution in [1.29, 1.82) is 0 Å². The van der Waals surface area contributed by atoms with Gasteiger partial charge in [-0.1, -0.05) is 12.1 Å². The van der Waals surface area contributed by atoms with E-state index in [-0.39, 0.29) is 17.4 Å². The van der Waals surface area contributed by atoms with E-state index in [1.54, 1.807) is 31.4 Å². The number of hydrogen-bond acceptors (Lipinski definition) is 4. The number of rotatable bonds is 3. The highest BCUT2D eigenvalue weighted by atomic mass is 16.6. The van der Waals surface area contributed by atoms with Gasteiger partial charge in [-0.3, -0.25) is 14.9 Å². The van der Waals surface area contributed by atoms with Gasteiger partial charge in [-0.15, -0.1) is 0 Å². The number of nitro groups is 1. The Bertz CT molecular complexity index is 737. The number of benzene rings is 2. The third-order valence-corrected chi connectivity index (χ3v) is 4.10. The number of non-ortho nitro benzene ring substituents is 1. The molecular formula is C17H15NO4. The molecule has 0 heterocycles. The molecular weight excluding hydrogens is 282 g/mol. The Morgan fingerprint density at radius 2 is 1.91 bits per heavy atom. The number of nitro benzene ring substituents is 1. The second-order valence-corrected chi connectivity index (χ2v) is 5.33. The molecule has 0 N–H and O–H groups in total. The van der Waals surface area contributed by atoms with Crippen LogP contribution in [0.3, 0.4) is 0 Å². The summed E-state index contributed by atoms with van der Waals surface area (Å²) in [7, 11) is 1.60. The van der Waals surface area contributed by atoms with Crippen LogP contribution in [0.15, 0.2) is 42.5 Å². The topological polar surface area (TPSA) is 69.4 Å². The smallest absolute Gasteiger partial charge is 0.269 e. The fourth-order valence-electron chi connectivity index (χ4n) is 2.91. The van der Waals surface area contributed by atoms with Crippen molar-refractivity contribution in [2.45, 2.75) is 18.8 Å². The fraction of sp³-hybridized carbons (Fsp3) is 0.235. The largest absolute Gasteiger partial charge is 0.497 e. The van der Waals surface area contributed by atoms with Crippen molar-refractivity contribution < 1.29 is 14.5 Å². The summed E-state index contributed by atoms with van der Waals surface area (Å²) in [5.41, 5.74) is 2.59. The molecule has 2 aromatic rings. The number of Topliss-reactive ketones (excluding diaryl/α,β-unsaturated/α-hetero) is 1. The quantitative estimate of drug-likeness (QED) is 0.642. The Morgan fingerprint density at radius 3 is 2.55 bits per heavy atom. The van der Waals surface area contributed by atoms with Gasteiger partial charge in [-0.05, 0) is 42.2 Å². The summed E-state index contributed by atoms with van der Waals surface area (Å²) in [5, 5.41) is 10.7. The van der Waals surface area contributed by atoms with Crippen LogP contribution in [-0.4, -0.2) is 17.8 Å². The van der Waals surface area contributed by atoms with E-state index in [2.05, 4.69) is 0 Å². The fourth-order valence-corrected chi connectivity index (χ4v) is 2.91. The van der Waals surface area contributed by atoms with Crippen LogP contribution in [-0.2, 0) is 6.42 Å². The molecule has 0 fully saturated rings. The lowest BCUT2D eigenvalue weighted by molar-refractivity contribution is -0.384. The van der Waals surface area contributed by atoms with Gasteiger partial charge >= 0.3 is 0 Å². The molecule has 22 heavy (non-hydrogen) atoms. The van der Waals surface area contributed by atoms with Gasteiger partial charge in [-0.25, -0.2) is 0 Å². The average molecular weight is 297 g/mol. The number of aryl methyl sites for hydroxylation is 1. The number of carbonyl (C=O) groups is 1. The second kappa shape index (κ2) is 5.60. The van der Waals surface area contributed by atoms with E-state index >= 15 is 0 Å². The SMILES string of the molecule is COc1ccc2c(c1)CC[C@H](c1ccc([N+](=O)[O-])cc1)C2=O. The van der Waals surface area contributed by atoms with Crippen LogP contribution in [0.25, 0.3) is 0 Å². The van der Waals surface area contributed by atoms with E-state index < -0.39 is 4.92 Å². The van der Waals surface area contributed by atoms with E-state index in [0.717, 1.165) is 28.9 Å². The summed E-state index contributed by atoms with van der Waals surface area (Å²) in [6.07, 6.45) is 1.50. The molecule has 5 heteroatoms. The molecule has 0 aromatic heterocycles. The van der Waals surface area contributed by atoms with Crippen molar-refractivity contribution in [2.24, 2.45) is 0 Å². The van der Waals surface area contributed by atoms with Crippen molar-refractivity contribution in [2.75, 3.05) is 7.11 Å². The molecule has 3 rings (SSSR count). The van der Waals surface area contributed by atoms with Gasteiger partial charge in [-0.2, -0.15) is 0 Å². The zero-order valence-corrected chi connectivity index (χ0v) is 12.1. The molecule has 2 aromatic carbocycles. The van der Waals surface area contributed by atoms with Gasteiger partial charge in [0.15, 0.2) is 5.78 Å². The Labute approximate surface area is 127 Å². The van der Waals surface area contributed by atoms with Gasteiger partial charge in [0, 0.05) is 23.6 Å². The van der Waals surface area contributed by atoms with Crippen LogP contribution in [0.1, 0.15) is 33.8 Å². The number of carbonyl (C=O) groups excluding carboxylic acids is 1. The maximum atomic E-state index is 12.7. The number of fused-ring (bicyclic) bond motifs is 1. The predicted molar refractivity (Wildman–Crippen MR) is 81.5 cm³/mol. The van der Waals surface area contributed by atoms with Crippen LogP contribution in [0.2, 0.25) is 0 Å². The van der Waals surface area contributed by atoms with Crippen molar-refractivity contribution in [3.8, 4) is 5.75 Å². The highest BCUT2D eigenvalue weighted by Crippen LogP contribution is 2.34. The first-order valence-corrected chi connectivity index (χ1v) is 7.05. The van der Waals surface area contributed by atoms with Crippen LogP contribution in [0.4, 0.5) is 5.69 Å². The Hall–Kier alpha value is -2.69. The summed E-state index contributed by atoms with van der Waals surface area (Å²) in [6, 6.07) is 11.7. The average Bonchev–Trinajstić information content (AvgIpc) is 2.55. The molecule has 1 aliphatic rings. The van der Waals surface area contributed by atoms with Crippen LogP contribution in [0, 0.1) is 10.1 Å². The molecule has 0 saturated heterocycles. The molecule has 0 saturated carbocycles. The van der Waals surface area contributed by atoms with Gasteiger partial charge in [0.05, 0.1) is 12.0 Å². The minimum absolute atomic E-state index is 0.0390. The van der Waals surface area contributed by atoms with Crippen LogP contribution < -0.4 is 4.74 Å². The Kier molecular flexibility index (Phi) is 3.63. The highest BCUT2D eigenvalue weighted by molar-refractivity contribution is 6.03. The number of nitrogens with zero attached hydrogens (tertiary/aromatic N) is 1. The molecule has 1 atom stereocenters. The summed E-state index contributed by atoms with van der Waals surface area (Å²) in [4.78, 5) is 22.9. The molecule has 0 bridgehead atoms. The van der Waals surface area contributed by atoms with Gasteiger partial charge in [0.1, 0.15) is 5.75 Å². The molecule has 0 spiro atoms. The molecule has 0 amide bonds. The zero-order chi connectivity index (χ0) is 15.7. The molecule has 112 valence electrons. The summed E-state index contributed by atoms with van der Waals surface area (Å²) >= 11 is 0. The van der Waals surface area contributed by atoms with E-state index in [1.165, 1.54) is 12.1 Å². The maximum Gasteiger partial charge on any atom is 0.269 e. The lowest BCUT2D eigenvalue weighted by Gasteiger charge is -2.24. The lowest BCUT2D eigenvalue weighted by Crippen LogP contribution is -2.21. The minimum atomic E-state index is -0.436. The predicted octanol–water partition coefficient (Wildman–Crippen LogP) is 3.52. The summed E-state index contributed by atoms with van der Waals surface area (Å²) in [6.45, 7) is 0. The van der Waals surface area contributed by atoms with E-state index in [0.29, 0.717) is 6.42 Å². The maximum absolute atomic E-state index is 12.7. The summed E-state index contributed by atoms with van der Waals surface area (Å²) in [5.74, 6) is 0.583. The molecule has 1 aliphatic carbocycles. The van der Waals surface area contributed by atoms with Crippen LogP contribution in [0.5, 0.6) is 5.75 Å². The second-order valence-electron chi connectivity index (χ2n) is 5.33. The standard InChI is InChI=1S/C17H15NO4/c1-22-14-7-9-16-12(10-14)4-8-15(17(16)19)11-2-5-13(6-3-11)18(20)21/h2-3,5-7,9-10,15H,4,8H2,1H3/t15-/m1/s1. The van der Waals surface area contributed by atoms with Crippen LogP contribution >= 0.6 is 0 Å². The van der Waals surface area contributed by atoms with Crippen molar-refractivity contribution in [3.05, 3.63) is 69.3 Å². The van der Waals surface area contributed by atoms with Gasteiger partial charge in [0.2, 0.25) is 0 Å². The summed E-state index contributed by atoms with van der Waals surface area (Å²) < 4.78 is 5.19. The zero-order valence-electron chi connectivity index (χ0n) is 12.1. The highest BCUT2D eigenvalue weighted by Gasteiger charge is 2.29. The molecule has 5 nitrogen and oxygen atoms in total. The van der Waals surface area contributed by atoms with E-state index in [9.17, 15) is 14.9 Å². The first kappa shape index (κ1) is 14.3. The number of ether oxygens (including phenoxy) is 1. The third-order valence-electron chi connectivity index (χ3n) is 4.10. The van der Waals surface area contributed by atoms with Gasteiger partial charge < -0.3 is 4.74 Å². The molecule has 0 aliphatic heterocycles. The normalized spacial score (nSPS) is 17.0. The number of methoxy groups -OCH3 is 1. The number of ketones is 1. The Morgan fingerprint density at radius 1 is 1.18 bits per heavy atom. The first-order chi connectivity index (χ1) is 10.6. The molecule has 0 unspecified atom stereocenters. The molecule has 0 radical (unpaired) electrons. The Balaban J connectivity index is 1.90. The van der Waals surface area contributed by atoms with E-state index in [4.69, 9.17) is 4.74 Å². The lowest BCUT2D eigenvalue weighted by atomic mass is 9.79.